The second-order valence-corrected chi connectivity index (χ2v) is 14.3. The van der Waals surface area contributed by atoms with E-state index < -0.39 is 0 Å². The van der Waals surface area contributed by atoms with Gasteiger partial charge in [0.15, 0.2) is 0 Å². The summed E-state index contributed by atoms with van der Waals surface area (Å²) in [6.07, 6.45) is 0. The number of anilines is 3. The Labute approximate surface area is 303 Å². The molecule has 52 heavy (non-hydrogen) atoms. The van der Waals surface area contributed by atoms with E-state index >= 15 is 0 Å². The van der Waals surface area contributed by atoms with Crippen LogP contribution in [0.3, 0.4) is 0 Å². The number of nitrogens with zero attached hydrogens (tertiary/aromatic N) is 1. The maximum Gasteiger partial charge on any atom is 0.143 e. The molecular weight excluding hydrogens is 655 g/mol. The Morgan fingerprint density at radius 3 is 1.71 bits per heavy atom. The Morgan fingerprint density at radius 1 is 0.365 bits per heavy atom. The van der Waals surface area contributed by atoms with Crippen LogP contribution in [0.1, 0.15) is 0 Å². The minimum Gasteiger partial charge on any atom is -0.456 e. The number of fused-ring (bicyclic) bond motifs is 9. The van der Waals surface area contributed by atoms with Crippen LogP contribution in [0, 0.1) is 0 Å². The van der Waals surface area contributed by atoms with Gasteiger partial charge in [0, 0.05) is 53.3 Å². The molecule has 0 aliphatic heterocycles. The second kappa shape index (κ2) is 11.5. The van der Waals surface area contributed by atoms with E-state index in [4.69, 9.17) is 8.83 Å². The standard InChI is InChI=1S/C48H29NO2S/c1-4-17-41-36(10-1)37-15-7-14-35(48(37)51-41)31-24-28-33(29-25-31)49(40-16-9-19-43-47(40)38-11-2-5-18-42(38)50-43)32-26-22-30(23-27-32)34-13-8-21-45-46(34)39-12-3-6-20-44(39)52-45/h1-29H. The molecule has 0 saturated heterocycles. The molecule has 4 heteroatoms. The normalized spacial score (nSPS) is 11.8. The van der Waals surface area contributed by atoms with E-state index in [0.717, 1.165) is 72.1 Å². The third-order valence-corrected chi connectivity index (χ3v) is 11.4. The summed E-state index contributed by atoms with van der Waals surface area (Å²) in [6.45, 7) is 0. The monoisotopic (exact) mass is 683 g/mol. The van der Waals surface area contributed by atoms with Crippen LogP contribution in [-0.4, -0.2) is 0 Å². The fourth-order valence-corrected chi connectivity index (χ4v) is 9.07. The molecule has 0 amide bonds. The molecule has 0 N–H and O–H groups in total. The molecule has 244 valence electrons. The van der Waals surface area contributed by atoms with E-state index in [2.05, 4.69) is 157 Å². The lowest BCUT2D eigenvalue weighted by molar-refractivity contribution is 0.669. The van der Waals surface area contributed by atoms with Crippen molar-refractivity contribution in [1.82, 2.24) is 0 Å². The second-order valence-electron chi connectivity index (χ2n) is 13.2. The minimum atomic E-state index is 0.865. The average Bonchev–Trinajstić information content (AvgIpc) is 3.90. The quantitative estimate of drug-likeness (QED) is 0.181. The van der Waals surface area contributed by atoms with E-state index in [1.165, 1.54) is 31.3 Å². The molecular formula is C48H29NO2S. The summed E-state index contributed by atoms with van der Waals surface area (Å²) in [5.74, 6) is 0. The molecule has 11 rings (SSSR count). The zero-order chi connectivity index (χ0) is 34.2. The highest BCUT2D eigenvalue weighted by Gasteiger charge is 2.20. The van der Waals surface area contributed by atoms with Gasteiger partial charge in [-0.1, -0.05) is 115 Å². The fourth-order valence-electron chi connectivity index (χ4n) is 7.94. The Balaban J connectivity index is 1.07. The predicted molar refractivity (Wildman–Crippen MR) is 219 cm³/mol. The van der Waals surface area contributed by atoms with Crippen LogP contribution >= 0.6 is 11.3 Å². The number of thiophene rings is 1. The lowest BCUT2D eigenvalue weighted by Gasteiger charge is -2.26. The first-order valence-corrected chi connectivity index (χ1v) is 18.3. The van der Waals surface area contributed by atoms with Gasteiger partial charge in [0.05, 0.1) is 11.1 Å². The van der Waals surface area contributed by atoms with Crippen molar-refractivity contribution in [2.75, 3.05) is 4.90 Å². The van der Waals surface area contributed by atoms with Gasteiger partial charge < -0.3 is 13.7 Å². The van der Waals surface area contributed by atoms with Crippen molar-refractivity contribution in [2.24, 2.45) is 0 Å². The van der Waals surface area contributed by atoms with Gasteiger partial charge in [-0.3, -0.25) is 0 Å². The number of rotatable bonds is 5. The van der Waals surface area contributed by atoms with Crippen molar-refractivity contribution in [3.8, 4) is 22.3 Å². The topological polar surface area (TPSA) is 29.5 Å². The summed E-state index contributed by atoms with van der Waals surface area (Å²) in [6, 6.07) is 62.5. The van der Waals surface area contributed by atoms with Gasteiger partial charge in [0.1, 0.15) is 22.3 Å². The number of furan rings is 2. The maximum atomic E-state index is 6.41. The van der Waals surface area contributed by atoms with Crippen LogP contribution in [0.4, 0.5) is 17.1 Å². The van der Waals surface area contributed by atoms with E-state index in [0.29, 0.717) is 0 Å². The van der Waals surface area contributed by atoms with Crippen LogP contribution in [0.2, 0.25) is 0 Å². The molecule has 8 aromatic carbocycles. The van der Waals surface area contributed by atoms with Gasteiger partial charge in [-0.2, -0.15) is 0 Å². The first-order valence-electron chi connectivity index (χ1n) is 17.5. The molecule has 0 fully saturated rings. The molecule has 3 heterocycles. The molecule has 0 unspecified atom stereocenters. The largest absolute Gasteiger partial charge is 0.456 e. The van der Waals surface area contributed by atoms with E-state index in [1.54, 1.807) is 0 Å². The van der Waals surface area contributed by atoms with Crippen molar-refractivity contribution in [3.63, 3.8) is 0 Å². The Bertz CT molecular complexity index is 3130. The number of hydrogen-bond acceptors (Lipinski definition) is 4. The summed E-state index contributed by atoms with van der Waals surface area (Å²) >= 11 is 1.85. The van der Waals surface area contributed by atoms with Crippen LogP contribution in [0.5, 0.6) is 0 Å². The Morgan fingerprint density at radius 2 is 0.923 bits per heavy atom. The summed E-state index contributed by atoms with van der Waals surface area (Å²) in [7, 11) is 0. The molecule has 3 nitrogen and oxygen atoms in total. The number of para-hydroxylation sites is 3. The van der Waals surface area contributed by atoms with Crippen LogP contribution in [0.25, 0.3) is 86.3 Å². The van der Waals surface area contributed by atoms with E-state index in [9.17, 15) is 0 Å². The van der Waals surface area contributed by atoms with Gasteiger partial charge >= 0.3 is 0 Å². The fraction of sp³-hybridized carbons (Fsp3) is 0. The maximum absolute atomic E-state index is 6.41. The zero-order valence-electron chi connectivity index (χ0n) is 27.9. The van der Waals surface area contributed by atoms with Gasteiger partial charge in [-0.15, -0.1) is 11.3 Å². The Hall–Kier alpha value is -6.62. The van der Waals surface area contributed by atoms with Gasteiger partial charge in [-0.25, -0.2) is 0 Å². The van der Waals surface area contributed by atoms with Gasteiger partial charge in [-0.05, 0) is 77.4 Å². The number of hydrogen-bond donors (Lipinski definition) is 0. The summed E-state index contributed by atoms with van der Waals surface area (Å²) in [4.78, 5) is 2.35. The van der Waals surface area contributed by atoms with Crippen LogP contribution in [0.15, 0.2) is 185 Å². The number of benzene rings is 8. The SMILES string of the molecule is c1ccc2c(c1)oc1c(-c3ccc(N(c4ccc(-c5cccc6sc7ccccc7c56)cc4)c4cccc5oc6ccccc6c45)cc3)cccc12. The minimum absolute atomic E-state index is 0.865. The first kappa shape index (κ1) is 29.1. The molecule has 0 bridgehead atoms. The smallest absolute Gasteiger partial charge is 0.143 e. The molecule has 11 aromatic rings. The highest BCUT2D eigenvalue weighted by Crippen LogP contribution is 2.45. The lowest BCUT2D eigenvalue weighted by Crippen LogP contribution is -2.10. The molecule has 0 spiro atoms. The molecule has 0 aliphatic carbocycles. The average molecular weight is 684 g/mol. The zero-order valence-corrected chi connectivity index (χ0v) is 28.7. The van der Waals surface area contributed by atoms with Crippen LogP contribution < -0.4 is 4.90 Å². The van der Waals surface area contributed by atoms with Crippen LogP contribution in [-0.2, 0) is 0 Å². The van der Waals surface area contributed by atoms with Crippen molar-refractivity contribution in [3.05, 3.63) is 176 Å². The Kier molecular flexibility index (Phi) is 6.42. The highest BCUT2D eigenvalue weighted by molar-refractivity contribution is 7.25. The molecule has 0 saturated carbocycles. The third-order valence-electron chi connectivity index (χ3n) is 10.3. The predicted octanol–water partition coefficient (Wildman–Crippen LogP) is 14.7. The molecule has 0 aliphatic rings. The molecule has 3 aromatic heterocycles. The van der Waals surface area contributed by atoms with E-state index in [1.807, 2.05) is 35.6 Å². The van der Waals surface area contributed by atoms with Crippen molar-refractivity contribution in [2.45, 2.75) is 0 Å². The molecule has 0 radical (unpaired) electrons. The molecule has 0 atom stereocenters. The first-order chi connectivity index (χ1) is 25.8. The third kappa shape index (κ3) is 4.45. The summed E-state index contributed by atoms with van der Waals surface area (Å²) in [5, 5.41) is 7.07. The van der Waals surface area contributed by atoms with Crippen molar-refractivity contribution < 1.29 is 8.83 Å². The van der Waals surface area contributed by atoms with E-state index in [-0.39, 0.29) is 0 Å². The van der Waals surface area contributed by atoms with Gasteiger partial charge in [0.25, 0.3) is 0 Å². The van der Waals surface area contributed by atoms with Gasteiger partial charge in [0.2, 0.25) is 0 Å². The highest BCUT2D eigenvalue weighted by atomic mass is 32.1. The lowest BCUT2D eigenvalue weighted by atomic mass is 9.98. The summed E-state index contributed by atoms with van der Waals surface area (Å²) < 4.78 is 15.4. The summed E-state index contributed by atoms with van der Waals surface area (Å²) in [5.41, 5.74) is 11.4. The van der Waals surface area contributed by atoms with Crippen molar-refractivity contribution in [1.29, 1.82) is 0 Å². The van der Waals surface area contributed by atoms with Crippen molar-refractivity contribution >= 4 is 92.4 Å².